The van der Waals surface area contributed by atoms with Crippen molar-refractivity contribution in [2.24, 2.45) is 0 Å². The standard InChI is InChI=1S/C45H25N5/c1-48-39-16-9-19-44-45(39)38-25-30(28-47)21-23-43(38)50(44)42-22-20-29(27-46)24-37(42)34-13-3-2-12-33(34)31-10-8-11-32(26-31)49-40-17-6-4-14-35(40)36-15-5-7-18-41(36)49/h2-26H. The van der Waals surface area contributed by atoms with Crippen molar-refractivity contribution in [3.05, 3.63) is 174 Å². The number of hydrogen-bond donors (Lipinski definition) is 0. The van der Waals surface area contributed by atoms with Gasteiger partial charge in [0.25, 0.3) is 0 Å². The highest BCUT2D eigenvalue weighted by molar-refractivity contribution is 6.16. The minimum atomic E-state index is 0.527. The minimum absolute atomic E-state index is 0.527. The molecule has 5 nitrogen and oxygen atoms in total. The number of hydrogen-bond acceptors (Lipinski definition) is 2. The van der Waals surface area contributed by atoms with Crippen LogP contribution in [-0.2, 0) is 0 Å². The largest absolute Gasteiger partial charge is 0.310 e. The molecular weight excluding hydrogens is 611 g/mol. The minimum Gasteiger partial charge on any atom is -0.310 e. The Balaban J connectivity index is 1.30. The molecule has 0 saturated heterocycles. The van der Waals surface area contributed by atoms with E-state index in [1.54, 1.807) is 0 Å². The molecule has 2 aromatic heterocycles. The summed E-state index contributed by atoms with van der Waals surface area (Å²) in [4.78, 5) is 3.85. The van der Waals surface area contributed by atoms with Crippen LogP contribution in [0.2, 0.25) is 0 Å². The molecule has 0 amide bonds. The molecule has 9 rings (SSSR count). The summed E-state index contributed by atoms with van der Waals surface area (Å²) in [6.45, 7) is 7.94. The van der Waals surface area contributed by atoms with Crippen LogP contribution in [0.5, 0.6) is 0 Å². The molecule has 230 valence electrons. The zero-order valence-electron chi connectivity index (χ0n) is 26.7. The van der Waals surface area contributed by atoms with Crippen LogP contribution in [-0.4, -0.2) is 9.13 Å². The summed E-state index contributed by atoms with van der Waals surface area (Å²) in [5.74, 6) is 0. The molecule has 0 saturated carbocycles. The van der Waals surface area contributed by atoms with Crippen molar-refractivity contribution in [1.29, 1.82) is 10.5 Å². The highest BCUT2D eigenvalue weighted by atomic mass is 15.0. The SMILES string of the molecule is [C-]#[N+]c1cccc2c1c1cc(C#N)ccc1n2-c1ccc(C#N)cc1-c1ccccc1-c1cccc(-n2c3ccccc3c3ccccc32)c1. The van der Waals surface area contributed by atoms with Gasteiger partial charge in [-0.25, -0.2) is 4.85 Å². The summed E-state index contributed by atoms with van der Waals surface area (Å²) in [7, 11) is 0. The average Bonchev–Trinajstić information content (AvgIpc) is 3.70. The average molecular weight is 636 g/mol. The third-order valence-electron chi connectivity index (χ3n) is 9.60. The lowest BCUT2D eigenvalue weighted by Crippen LogP contribution is -1.99. The fourth-order valence-corrected chi connectivity index (χ4v) is 7.47. The van der Waals surface area contributed by atoms with Gasteiger partial charge < -0.3 is 9.13 Å². The lowest BCUT2D eigenvalue weighted by Gasteiger charge is -2.18. The first kappa shape index (κ1) is 28.8. The predicted octanol–water partition coefficient (Wildman–Crippen LogP) is 11.5. The van der Waals surface area contributed by atoms with Crippen molar-refractivity contribution in [2.45, 2.75) is 0 Å². The van der Waals surface area contributed by atoms with E-state index in [0.717, 1.165) is 66.5 Å². The number of fused-ring (bicyclic) bond motifs is 6. The van der Waals surface area contributed by atoms with Gasteiger partial charge in [-0.05, 0) is 88.8 Å². The molecule has 0 aliphatic rings. The maximum atomic E-state index is 10.1. The Morgan fingerprint density at radius 1 is 0.480 bits per heavy atom. The molecule has 0 aliphatic carbocycles. The van der Waals surface area contributed by atoms with Crippen LogP contribution >= 0.6 is 0 Å². The molecule has 0 N–H and O–H groups in total. The highest BCUT2D eigenvalue weighted by Crippen LogP contribution is 2.43. The van der Waals surface area contributed by atoms with E-state index in [0.29, 0.717) is 16.8 Å². The van der Waals surface area contributed by atoms with Crippen molar-refractivity contribution in [2.75, 3.05) is 0 Å². The second-order valence-electron chi connectivity index (χ2n) is 12.3. The number of para-hydroxylation sites is 2. The number of nitriles is 2. The Kier molecular flexibility index (Phi) is 6.56. The van der Waals surface area contributed by atoms with Gasteiger partial charge in [0.2, 0.25) is 0 Å². The van der Waals surface area contributed by atoms with Crippen LogP contribution in [0.3, 0.4) is 0 Å². The van der Waals surface area contributed by atoms with E-state index >= 15 is 0 Å². The zero-order chi connectivity index (χ0) is 33.8. The van der Waals surface area contributed by atoms with Crippen molar-refractivity contribution in [3.63, 3.8) is 0 Å². The van der Waals surface area contributed by atoms with Crippen LogP contribution in [0, 0.1) is 29.2 Å². The normalized spacial score (nSPS) is 11.1. The van der Waals surface area contributed by atoms with Crippen molar-refractivity contribution in [1.82, 2.24) is 9.13 Å². The number of nitrogens with zero attached hydrogens (tertiary/aromatic N) is 5. The van der Waals surface area contributed by atoms with Gasteiger partial charge in [-0.15, -0.1) is 0 Å². The second-order valence-corrected chi connectivity index (χ2v) is 12.3. The molecular formula is C45H25N5. The van der Waals surface area contributed by atoms with Crippen molar-refractivity contribution in [3.8, 4) is 45.8 Å². The van der Waals surface area contributed by atoms with E-state index in [2.05, 4.69) is 111 Å². The van der Waals surface area contributed by atoms with E-state index in [9.17, 15) is 10.5 Å². The second kappa shape index (κ2) is 11.4. The monoisotopic (exact) mass is 635 g/mol. The fraction of sp³-hybridized carbons (Fsp3) is 0. The highest BCUT2D eigenvalue weighted by Gasteiger charge is 2.21. The first-order chi connectivity index (χ1) is 24.7. The maximum Gasteiger partial charge on any atom is 0.197 e. The number of rotatable bonds is 4. The summed E-state index contributed by atoms with van der Waals surface area (Å²) in [5, 5.41) is 23.9. The van der Waals surface area contributed by atoms with Gasteiger partial charge >= 0.3 is 0 Å². The first-order valence-corrected chi connectivity index (χ1v) is 16.3. The molecule has 0 bridgehead atoms. The molecule has 9 aromatic rings. The fourth-order valence-electron chi connectivity index (χ4n) is 7.47. The number of aromatic nitrogens is 2. The van der Waals surface area contributed by atoms with Crippen LogP contribution in [0.1, 0.15) is 11.1 Å². The lowest BCUT2D eigenvalue weighted by molar-refractivity contribution is 1.18. The molecule has 50 heavy (non-hydrogen) atoms. The molecule has 0 aliphatic heterocycles. The Labute approximate surface area is 288 Å². The van der Waals surface area contributed by atoms with E-state index in [1.165, 1.54) is 10.8 Å². The lowest BCUT2D eigenvalue weighted by atomic mass is 9.92. The summed E-state index contributed by atoms with van der Waals surface area (Å²) < 4.78 is 4.48. The first-order valence-electron chi connectivity index (χ1n) is 16.3. The van der Waals surface area contributed by atoms with Crippen molar-refractivity contribution < 1.29 is 0 Å². The molecule has 2 heterocycles. The van der Waals surface area contributed by atoms with E-state index < -0.39 is 0 Å². The van der Waals surface area contributed by atoms with Gasteiger partial charge in [-0.2, -0.15) is 10.5 Å². The number of benzene rings is 7. The molecule has 0 unspecified atom stereocenters. The van der Waals surface area contributed by atoms with Gasteiger partial charge in [-0.3, -0.25) is 0 Å². The molecule has 0 spiro atoms. The summed E-state index contributed by atoms with van der Waals surface area (Å²) in [6.07, 6.45) is 0. The Morgan fingerprint density at radius 3 is 1.84 bits per heavy atom. The predicted molar refractivity (Wildman–Crippen MR) is 202 cm³/mol. The van der Waals surface area contributed by atoms with E-state index in [4.69, 9.17) is 6.57 Å². The van der Waals surface area contributed by atoms with Crippen LogP contribution in [0.15, 0.2) is 152 Å². The maximum absolute atomic E-state index is 10.1. The molecule has 5 heteroatoms. The smallest absolute Gasteiger partial charge is 0.197 e. The van der Waals surface area contributed by atoms with Gasteiger partial charge in [-0.1, -0.05) is 84.9 Å². The van der Waals surface area contributed by atoms with Gasteiger partial charge in [0, 0.05) is 32.9 Å². The van der Waals surface area contributed by atoms with Crippen LogP contribution in [0.25, 0.3) is 82.1 Å². The third-order valence-corrected chi connectivity index (χ3v) is 9.60. The quantitative estimate of drug-likeness (QED) is 0.181. The van der Waals surface area contributed by atoms with E-state index in [-0.39, 0.29) is 0 Å². The third kappa shape index (κ3) is 4.31. The Morgan fingerprint density at radius 2 is 1.10 bits per heavy atom. The Hall–Kier alpha value is -7.39. The van der Waals surface area contributed by atoms with Crippen molar-refractivity contribution >= 4 is 49.3 Å². The topological polar surface area (TPSA) is 61.8 Å². The molecule has 0 radical (unpaired) electrons. The molecule has 0 atom stereocenters. The summed E-state index contributed by atoms with van der Waals surface area (Å²) in [6, 6.07) is 55.7. The van der Waals surface area contributed by atoms with Crippen LogP contribution in [0.4, 0.5) is 5.69 Å². The van der Waals surface area contributed by atoms with Gasteiger partial charge in [0.05, 0.1) is 52.1 Å². The van der Waals surface area contributed by atoms with Gasteiger partial charge in [0.15, 0.2) is 5.69 Å². The molecule has 7 aromatic carbocycles. The zero-order valence-corrected chi connectivity index (χ0v) is 26.7. The Bertz CT molecular complexity index is 2920. The van der Waals surface area contributed by atoms with Crippen LogP contribution < -0.4 is 0 Å². The van der Waals surface area contributed by atoms with E-state index in [1.807, 2.05) is 66.7 Å². The summed E-state index contributed by atoms with van der Waals surface area (Å²) in [5.41, 5.74) is 11.5. The summed E-state index contributed by atoms with van der Waals surface area (Å²) >= 11 is 0. The molecule has 0 fully saturated rings. The van der Waals surface area contributed by atoms with Gasteiger partial charge in [0.1, 0.15) is 0 Å².